The molecule has 20 heavy (non-hydrogen) atoms. The standard InChI is InChI=1S/C16H16BrClO2/c1-9-4-11(5-10(2)16(9)20-3)15(19)12-6-13(17)8-14(18)7-12/h4-8,15,19H,1-3H3. The van der Waals surface area contributed by atoms with E-state index in [1.807, 2.05) is 32.0 Å². The maximum Gasteiger partial charge on any atom is 0.124 e. The molecule has 0 aliphatic rings. The number of aryl methyl sites for hydroxylation is 2. The maximum atomic E-state index is 10.5. The monoisotopic (exact) mass is 354 g/mol. The highest BCUT2D eigenvalue weighted by molar-refractivity contribution is 9.10. The molecule has 0 radical (unpaired) electrons. The lowest BCUT2D eigenvalue weighted by Crippen LogP contribution is -2.02. The molecule has 1 atom stereocenters. The number of halogens is 2. The van der Waals surface area contributed by atoms with Crippen LogP contribution in [0.15, 0.2) is 34.8 Å². The molecule has 4 heteroatoms. The minimum atomic E-state index is -0.715. The van der Waals surface area contributed by atoms with E-state index in [2.05, 4.69) is 15.9 Å². The van der Waals surface area contributed by atoms with Crippen LogP contribution < -0.4 is 4.74 Å². The van der Waals surface area contributed by atoms with Crippen molar-refractivity contribution in [1.29, 1.82) is 0 Å². The first-order chi connectivity index (χ1) is 9.42. The molecule has 0 saturated heterocycles. The lowest BCUT2D eigenvalue weighted by molar-refractivity contribution is 0.220. The van der Waals surface area contributed by atoms with E-state index >= 15 is 0 Å². The Kier molecular flexibility index (Phi) is 4.74. The number of hydrogen-bond donors (Lipinski definition) is 1. The van der Waals surface area contributed by atoms with Gasteiger partial charge in [0.25, 0.3) is 0 Å². The minimum absolute atomic E-state index is 0.593. The van der Waals surface area contributed by atoms with Crippen molar-refractivity contribution in [2.75, 3.05) is 7.11 Å². The molecule has 0 heterocycles. The first-order valence-corrected chi connectivity index (χ1v) is 7.38. The van der Waals surface area contributed by atoms with E-state index in [-0.39, 0.29) is 0 Å². The Labute approximate surface area is 132 Å². The molecule has 0 amide bonds. The Morgan fingerprint density at radius 2 is 1.60 bits per heavy atom. The third-order valence-electron chi connectivity index (χ3n) is 3.20. The number of ether oxygens (including phenoxy) is 1. The molecule has 2 rings (SSSR count). The molecule has 1 N–H and O–H groups in total. The SMILES string of the molecule is COc1c(C)cc(C(O)c2cc(Cl)cc(Br)c2)cc1C. The number of rotatable bonds is 3. The molecule has 0 aromatic heterocycles. The molecule has 0 fully saturated rings. The van der Waals surface area contributed by atoms with Crippen LogP contribution >= 0.6 is 27.5 Å². The second kappa shape index (κ2) is 6.17. The van der Waals surface area contributed by atoms with Gasteiger partial charge in [-0.1, -0.05) is 27.5 Å². The Morgan fingerprint density at radius 3 is 2.10 bits per heavy atom. The smallest absolute Gasteiger partial charge is 0.124 e. The number of methoxy groups -OCH3 is 1. The van der Waals surface area contributed by atoms with Gasteiger partial charge in [0, 0.05) is 9.50 Å². The third kappa shape index (κ3) is 3.17. The Bertz CT molecular complexity index is 597. The fourth-order valence-corrected chi connectivity index (χ4v) is 3.28. The van der Waals surface area contributed by atoms with Crippen molar-refractivity contribution in [2.24, 2.45) is 0 Å². The summed E-state index contributed by atoms with van der Waals surface area (Å²) in [6, 6.07) is 9.30. The summed E-state index contributed by atoms with van der Waals surface area (Å²) >= 11 is 9.42. The number of aliphatic hydroxyl groups is 1. The molecule has 2 aromatic rings. The summed E-state index contributed by atoms with van der Waals surface area (Å²) in [6.07, 6.45) is -0.715. The maximum absolute atomic E-state index is 10.5. The second-order valence-electron chi connectivity index (χ2n) is 4.79. The summed E-state index contributed by atoms with van der Waals surface area (Å²) in [5.74, 6) is 0.855. The molecule has 1 unspecified atom stereocenters. The van der Waals surface area contributed by atoms with Crippen LogP contribution in [0.5, 0.6) is 5.75 Å². The van der Waals surface area contributed by atoms with Crippen molar-refractivity contribution in [3.8, 4) is 5.75 Å². The van der Waals surface area contributed by atoms with Crippen molar-refractivity contribution < 1.29 is 9.84 Å². The molecule has 0 aliphatic carbocycles. The zero-order valence-electron chi connectivity index (χ0n) is 11.6. The summed E-state index contributed by atoms with van der Waals surface area (Å²) < 4.78 is 6.19. The van der Waals surface area contributed by atoms with Gasteiger partial charge >= 0.3 is 0 Å². The zero-order valence-corrected chi connectivity index (χ0v) is 13.9. The molecular formula is C16H16BrClO2. The zero-order chi connectivity index (χ0) is 14.9. The van der Waals surface area contributed by atoms with Crippen LogP contribution in [0.25, 0.3) is 0 Å². The summed E-state index contributed by atoms with van der Waals surface area (Å²) in [7, 11) is 1.65. The molecule has 106 valence electrons. The highest BCUT2D eigenvalue weighted by atomic mass is 79.9. The van der Waals surface area contributed by atoms with Crippen molar-refractivity contribution in [1.82, 2.24) is 0 Å². The van der Waals surface area contributed by atoms with E-state index in [0.29, 0.717) is 5.02 Å². The highest BCUT2D eigenvalue weighted by Crippen LogP contribution is 2.32. The number of aliphatic hydroxyl groups excluding tert-OH is 1. The van der Waals surface area contributed by atoms with Gasteiger partial charge in [-0.25, -0.2) is 0 Å². The third-order valence-corrected chi connectivity index (χ3v) is 3.88. The quantitative estimate of drug-likeness (QED) is 0.856. The van der Waals surface area contributed by atoms with Gasteiger partial charge in [0.1, 0.15) is 11.9 Å². The van der Waals surface area contributed by atoms with Crippen molar-refractivity contribution in [3.63, 3.8) is 0 Å². The lowest BCUT2D eigenvalue weighted by Gasteiger charge is -2.16. The molecule has 2 aromatic carbocycles. The predicted octanol–water partition coefficient (Wildman–Crippen LogP) is 4.81. The average molecular weight is 356 g/mol. The van der Waals surface area contributed by atoms with Crippen LogP contribution in [-0.4, -0.2) is 12.2 Å². The molecule has 0 bridgehead atoms. The van der Waals surface area contributed by atoms with E-state index in [0.717, 1.165) is 32.5 Å². The molecule has 2 nitrogen and oxygen atoms in total. The summed E-state index contributed by atoms with van der Waals surface area (Å²) in [5.41, 5.74) is 3.59. The van der Waals surface area contributed by atoms with E-state index < -0.39 is 6.10 Å². The Morgan fingerprint density at radius 1 is 1.05 bits per heavy atom. The lowest BCUT2D eigenvalue weighted by atomic mass is 9.97. The first-order valence-electron chi connectivity index (χ1n) is 6.21. The topological polar surface area (TPSA) is 29.5 Å². The van der Waals surface area contributed by atoms with Gasteiger partial charge < -0.3 is 9.84 Å². The van der Waals surface area contributed by atoms with Crippen molar-refractivity contribution >= 4 is 27.5 Å². The predicted molar refractivity (Wildman–Crippen MR) is 85.7 cm³/mol. The van der Waals surface area contributed by atoms with E-state index in [1.54, 1.807) is 19.2 Å². The highest BCUT2D eigenvalue weighted by Gasteiger charge is 2.15. The van der Waals surface area contributed by atoms with Gasteiger partial charge in [-0.05, 0) is 66.4 Å². The van der Waals surface area contributed by atoms with E-state index in [9.17, 15) is 5.11 Å². The van der Waals surface area contributed by atoms with Gasteiger partial charge in [-0.15, -0.1) is 0 Å². The largest absolute Gasteiger partial charge is 0.496 e. The van der Waals surface area contributed by atoms with E-state index in [4.69, 9.17) is 16.3 Å². The van der Waals surface area contributed by atoms with Gasteiger partial charge in [0.15, 0.2) is 0 Å². The summed E-state index contributed by atoms with van der Waals surface area (Å²) in [5, 5.41) is 11.1. The number of benzene rings is 2. The molecule has 0 aliphatic heterocycles. The Hall–Kier alpha value is -1.03. The fourth-order valence-electron chi connectivity index (χ4n) is 2.39. The van der Waals surface area contributed by atoms with Gasteiger partial charge in [-0.3, -0.25) is 0 Å². The number of hydrogen-bond acceptors (Lipinski definition) is 2. The van der Waals surface area contributed by atoms with Crippen LogP contribution in [0.2, 0.25) is 5.02 Å². The fraction of sp³-hybridized carbons (Fsp3) is 0.250. The van der Waals surface area contributed by atoms with Gasteiger partial charge in [0.05, 0.1) is 7.11 Å². The second-order valence-corrected chi connectivity index (χ2v) is 6.15. The van der Waals surface area contributed by atoms with Crippen LogP contribution in [0, 0.1) is 13.8 Å². The van der Waals surface area contributed by atoms with Gasteiger partial charge in [0.2, 0.25) is 0 Å². The molecule has 0 spiro atoms. The molecular weight excluding hydrogens is 340 g/mol. The van der Waals surface area contributed by atoms with Crippen LogP contribution in [0.4, 0.5) is 0 Å². The first kappa shape index (κ1) is 15.4. The average Bonchev–Trinajstić information content (AvgIpc) is 2.36. The van der Waals surface area contributed by atoms with Crippen molar-refractivity contribution in [3.05, 3.63) is 62.1 Å². The normalized spacial score (nSPS) is 12.3. The Balaban J connectivity index is 2.45. The summed E-state index contributed by atoms with van der Waals surface area (Å²) in [4.78, 5) is 0. The minimum Gasteiger partial charge on any atom is -0.496 e. The molecule has 0 saturated carbocycles. The van der Waals surface area contributed by atoms with Crippen LogP contribution in [0.3, 0.4) is 0 Å². The van der Waals surface area contributed by atoms with Gasteiger partial charge in [-0.2, -0.15) is 0 Å². The van der Waals surface area contributed by atoms with Crippen molar-refractivity contribution in [2.45, 2.75) is 20.0 Å². The summed E-state index contributed by atoms with van der Waals surface area (Å²) in [6.45, 7) is 3.94. The van der Waals surface area contributed by atoms with E-state index in [1.165, 1.54) is 0 Å². The van der Waals surface area contributed by atoms with Crippen LogP contribution in [-0.2, 0) is 0 Å². The van der Waals surface area contributed by atoms with Crippen LogP contribution in [0.1, 0.15) is 28.4 Å².